The van der Waals surface area contributed by atoms with Gasteiger partial charge in [0, 0.05) is 19.1 Å². The summed E-state index contributed by atoms with van der Waals surface area (Å²) in [5.41, 5.74) is 1.14. The summed E-state index contributed by atoms with van der Waals surface area (Å²) < 4.78 is 2.02. The molecule has 90 valence electrons. The number of fused-ring (bicyclic) bond motifs is 1. The Kier molecular flexibility index (Phi) is 2.80. The highest BCUT2D eigenvalue weighted by Gasteiger charge is 2.25. The number of hydrogen-bond acceptors (Lipinski definition) is 3. The van der Waals surface area contributed by atoms with Gasteiger partial charge in [0.25, 0.3) is 0 Å². The lowest BCUT2D eigenvalue weighted by Crippen LogP contribution is -2.38. The third kappa shape index (κ3) is 2.13. The smallest absolute Gasteiger partial charge is 0.103 e. The summed E-state index contributed by atoms with van der Waals surface area (Å²) in [7, 11) is 0. The Morgan fingerprint density at radius 2 is 2.06 bits per heavy atom. The molecule has 0 saturated carbocycles. The van der Waals surface area contributed by atoms with E-state index in [-0.39, 0.29) is 0 Å². The minimum absolute atomic E-state index is 0.564. The van der Waals surface area contributed by atoms with Gasteiger partial charge < -0.3 is 5.11 Å². The van der Waals surface area contributed by atoms with Crippen molar-refractivity contribution in [1.82, 2.24) is 14.7 Å². The molecule has 0 fully saturated rings. The zero-order valence-corrected chi connectivity index (χ0v) is 10.6. The molecule has 0 bridgehead atoms. The fraction of sp³-hybridized carbons (Fsp3) is 0.750. The van der Waals surface area contributed by atoms with Gasteiger partial charge in [0.05, 0.1) is 17.9 Å². The van der Waals surface area contributed by atoms with Crippen molar-refractivity contribution in [2.45, 2.75) is 52.4 Å². The fourth-order valence-electron chi connectivity index (χ4n) is 2.03. The lowest BCUT2D eigenvalue weighted by atomic mass is 10.1. The number of nitrogens with zero attached hydrogens (tertiary/aromatic N) is 3. The van der Waals surface area contributed by atoms with Crippen molar-refractivity contribution in [3.8, 4) is 0 Å². The summed E-state index contributed by atoms with van der Waals surface area (Å²) in [6.07, 6.45) is 0. The average Bonchev–Trinajstić information content (AvgIpc) is 2.58. The van der Waals surface area contributed by atoms with E-state index in [1.54, 1.807) is 13.8 Å². The predicted molar refractivity (Wildman–Crippen MR) is 63.0 cm³/mol. The second-order valence-electron chi connectivity index (χ2n) is 5.37. The molecule has 4 heteroatoms. The number of aromatic nitrogens is 2. The molecule has 0 radical (unpaired) electrons. The van der Waals surface area contributed by atoms with E-state index in [0.29, 0.717) is 6.04 Å². The van der Waals surface area contributed by atoms with Crippen LogP contribution in [0.5, 0.6) is 0 Å². The van der Waals surface area contributed by atoms with Gasteiger partial charge in [0.15, 0.2) is 0 Å². The molecule has 2 heterocycles. The first-order valence-corrected chi connectivity index (χ1v) is 5.91. The first-order valence-electron chi connectivity index (χ1n) is 5.91. The van der Waals surface area contributed by atoms with Gasteiger partial charge in [-0.25, -0.2) is 0 Å². The molecule has 2 rings (SSSR count). The monoisotopic (exact) mass is 223 g/mol. The second kappa shape index (κ2) is 3.86. The maximum Gasteiger partial charge on any atom is 0.103 e. The van der Waals surface area contributed by atoms with E-state index < -0.39 is 5.60 Å². The Balaban J connectivity index is 2.23. The normalized spacial score (nSPS) is 17.9. The Labute approximate surface area is 96.9 Å². The summed E-state index contributed by atoms with van der Waals surface area (Å²) in [4.78, 5) is 2.42. The second-order valence-corrected chi connectivity index (χ2v) is 5.37. The van der Waals surface area contributed by atoms with Gasteiger partial charge in [-0.3, -0.25) is 9.58 Å². The Morgan fingerprint density at radius 3 is 2.62 bits per heavy atom. The van der Waals surface area contributed by atoms with Crippen LogP contribution in [-0.2, 0) is 18.7 Å². The molecule has 0 amide bonds. The van der Waals surface area contributed by atoms with Crippen LogP contribution in [-0.4, -0.2) is 32.4 Å². The zero-order chi connectivity index (χ0) is 11.9. The molecule has 0 saturated heterocycles. The summed E-state index contributed by atoms with van der Waals surface area (Å²) in [5, 5.41) is 14.4. The van der Waals surface area contributed by atoms with E-state index >= 15 is 0 Å². The Morgan fingerprint density at radius 1 is 1.38 bits per heavy atom. The fourth-order valence-corrected chi connectivity index (χ4v) is 2.03. The van der Waals surface area contributed by atoms with E-state index in [9.17, 15) is 5.11 Å². The lowest BCUT2D eigenvalue weighted by Gasteiger charge is -2.30. The van der Waals surface area contributed by atoms with Crippen LogP contribution in [0.15, 0.2) is 6.07 Å². The van der Waals surface area contributed by atoms with Crippen LogP contribution in [0.4, 0.5) is 0 Å². The van der Waals surface area contributed by atoms with Gasteiger partial charge in [-0.15, -0.1) is 0 Å². The van der Waals surface area contributed by atoms with Gasteiger partial charge in [-0.05, 0) is 33.8 Å². The van der Waals surface area contributed by atoms with Crippen molar-refractivity contribution in [1.29, 1.82) is 0 Å². The van der Waals surface area contributed by atoms with Crippen molar-refractivity contribution in [3.63, 3.8) is 0 Å². The molecule has 0 aromatic carbocycles. The molecule has 0 unspecified atom stereocenters. The molecule has 1 aromatic heterocycles. The lowest BCUT2D eigenvalue weighted by molar-refractivity contribution is 0.0728. The molecule has 1 aliphatic heterocycles. The molecular weight excluding hydrogens is 202 g/mol. The minimum atomic E-state index is -0.840. The van der Waals surface area contributed by atoms with Gasteiger partial charge in [0.1, 0.15) is 5.60 Å². The number of hydrogen-bond donors (Lipinski definition) is 1. The summed E-state index contributed by atoms with van der Waals surface area (Å²) in [5.74, 6) is 0. The van der Waals surface area contributed by atoms with Gasteiger partial charge >= 0.3 is 0 Å². The molecule has 1 aliphatic rings. The predicted octanol–water partition coefficient (Wildman–Crippen LogP) is 1.33. The van der Waals surface area contributed by atoms with E-state index in [0.717, 1.165) is 25.3 Å². The van der Waals surface area contributed by atoms with Crippen molar-refractivity contribution in [2.24, 2.45) is 0 Å². The molecule has 1 aromatic rings. The highest BCUT2D eigenvalue weighted by molar-refractivity contribution is 5.16. The van der Waals surface area contributed by atoms with Crippen LogP contribution in [0.1, 0.15) is 39.1 Å². The molecule has 0 spiro atoms. The van der Waals surface area contributed by atoms with Gasteiger partial charge in [0.2, 0.25) is 0 Å². The molecule has 0 atom stereocenters. The van der Waals surface area contributed by atoms with Crippen LogP contribution in [0.3, 0.4) is 0 Å². The van der Waals surface area contributed by atoms with E-state index in [2.05, 4.69) is 23.8 Å². The van der Waals surface area contributed by atoms with E-state index in [4.69, 9.17) is 0 Å². The van der Waals surface area contributed by atoms with Gasteiger partial charge in [-0.2, -0.15) is 5.10 Å². The third-order valence-electron chi connectivity index (χ3n) is 3.18. The third-order valence-corrected chi connectivity index (χ3v) is 3.18. The topological polar surface area (TPSA) is 41.3 Å². The number of aliphatic hydroxyl groups is 1. The summed E-state index contributed by atoms with van der Waals surface area (Å²) >= 11 is 0. The van der Waals surface area contributed by atoms with Crippen LogP contribution in [0, 0.1) is 0 Å². The number of rotatable bonds is 2. The van der Waals surface area contributed by atoms with E-state index in [1.165, 1.54) is 5.69 Å². The first kappa shape index (κ1) is 11.6. The first-order chi connectivity index (χ1) is 7.38. The summed E-state index contributed by atoms with van der Waals surface area (Å²) in [6.45, 7) is 10.9. The molecule has 0 aliphatic carbocycles. The molecule has 1 N–H and O–H groups in total. The highest BCUT2D eigenvalue weighted by Crippen LogP contribution is 2.22. The van der Waals surface area contributed by atoms with Crippen LogP contribution in [0.2, 0.25) is 0 Å². The van der Waals surface area contributed by atoms with Crippen molar-refractivity contribution < 1.29 is 5.11 Å². The highest BCUT2D eigenvalue weighted by atomic mass is 16.3. The molecule has 4 nitrogen and oxygen atoms in total. The zero-order valence-electron chi connectivity index (χ0n) is 10.6. The van der Waals surface area contributed by atoms with Crippen LogP contribution < -0.4 is 0 Å². The Bertz CT molecular complexity index is 376. The molecule has 16 heavy (non-hydrogen) atoms. The maximum atomic E-state index is 9.92. The largest absolute Gasteiger partial charge is 0.384 e. The summed E-state index contributed by atoms with van der Waals surface area (Å²) in [6, 6.07) is 2.59. The SMILES string of the molecule is CC(C)N1CCn2nc(C(C)(C)O)cc2C1. The van der Waals surface area contributed by atoms with Crippen molar-refractivity contribution in [2.75, 3.05) is 6.54 Å². The van der Waals surface area contributed by atoms with E-state index in [1.807, 2.05) is 10.7 Å². The van der Waals surface area contributed by atoms with Crippen molar-refractivity contribution >= 4 is 0 Å². The quantitative estimate of drug-likeness (QED) is 0.822. The minimum Gasteiger partial charge on any atom is -0.384 e. The van der Waals surface area contributed by atoms with Crippen LogP contribution >= 0.6 is 0 Å². The average molecular weight is 223 g/mol. The standard InChI is InChI=1S/C12H21N3O/c1-9(2)14-5-6-15-10(8-14)7-11(13-15)12(3,4)16/h7,9,16H,5-6,8H2,1-4H3. The Hall–Kier alpha value is -0.870. The molecular formula is C12H21N3O. The van der Waals surface area contributed by atoms with Crippen LogP contribution in [0.25, 0.3) is 0 Å². The van der Waals surface area contributed by atoms with Gasteiger partial charge in [-0.1, -0.05) is 0 Å². The maximum absolute atomic E-state index is 9.92. The van der Waals surface area contributed by atoms with Crippen molar-refractivity contribution in [3.05, 3.63) is 17.5 Å².